The standard InChI is InChI=1S/C13H28N2O2/c1-5-12(4,8-14)11(17)15-9-13(6-2,7-3)10-16/h16H,5-10,14H2,1-4H3,(H,15,17). The molecule has 4 nitrogen and oxygen atoms in total. The molecular weight excluding hydrogens is 216 g/mol. The molecule has 1 atom stereocenters. The molecule has 0 radical (unpaired) electrons. The average molecular weight is 244 g/mol. The Bertz CT molecular complexity index is 225. The van der Waals surface area contributed by atoms with Crippen molar-refractivity contribution in [2.24, 2.45) is 16.6 Å². The van der Waals surface area contributed by atoms with E-state index in [1.165, 1.54) is 0 Å². The summed E-state index contributed by atoms with van der Waals surface area (Å²) in [6, 6.07) is 0. The summed E-state index contributed by atoms with van der Waals surface area (Å²) in [6.45, 7) is 8.88. The molecule has 0 aliphatic carbocycles. The Balaban J connectivity index is 4.50. The molecule has 0 aromatic heterocycles. The van der Waals surface area contributed by atoms with Crippen molar-refractivity contribution in [3.63, 3.8) is 0 Å². The highest BCUT2D eigenvalue weighted by atomic mass is 16.3. The monoisotopic (exact) mass is 244 g/mol. The van der Waals surface area contributed by atoms with Gasteiger partial charge in [0.1, 0.15) is 0 Å². The van der Waals surface area contributed by atoms with E-state index in [9.17, 15) is 9.90 Å². The first kappa shape index (κ1) is 16.4. The highest BCUT2D eigenvalue weighted by molar-refractivity contribution is 5.82. The minimum atomic E-state index is -0.497. The van der Waals surface area contributed by atoms with Crippen molar-refractivity contribution < 1.29 is 9.90 Å². The molecule has 1 unspecified atom stereocenters. The molecule has 0 rings (SSSR count). The summed E-state index contributed by atoms with van der Waals surface area (Å²) in [5.41, 5.74) is 4.95. The van der Waals surface area contributed by atoms with Crippen LogP contribution in [0.2, 0.25) is 0 Å². The SMILES string of the molecule is CCC(CC)(CO)CNC(=O)C(C)(CC)CN. The summed E-state index contributed by atoms with van der Waals surface area (Å²) in [5, 5.41) is 12.4. The lowest BCUT2D eigenvalue weighted by atomic mass is 9.82. The lowest BCUT2D eigenvalue weighted by Gasteiger charge is -2.32. The predicted octanol–water partition coefficient (Wildman–Crippen LogP) is 1.28. The maximum absolute atomic E-state index is 12.0. The van der Waals surface area contributed by atoms with Gasteiger partial charge < -0.3 is 16.2 Å². The van der Waals surface area contributed by atoms with Gasteiger partial charge in [-0.15, -0.1) is 0 Å². The molecule has 4 N–H and O–H groups in total. The Morgan fingerprint density at radius 2 is 1.76 bits per heavy atom. The third kappa shape index (κ3) is 3.96. The van der Waals surface area contributed by atoms with Crippen molar-refractivity contribution in [2.75, 3.05) is 19.7 Å². The Labute approximate surface area is 105 Å². The Morgan fingerprint density at radius 3 is 2.06 bits per heavy atom. The van der Waals surface area contributed by atoms with Gasteiger partial charge in [-0.05, 0) is 26.2 Å². The maximum Gasteiger partial charge on any atom is 0.227 e. The van der Waals surface area contributed by atoms with E-state index in [1.807, 2.05) is 27.7 Å². The van der Waals surface area contributed by atoms with Gasteiger partial charge in [-0.25, -0.2) is 0 Å². The second kappa shape index (κ2) is 6.97. The Hall–Kier alpha value is -0.610. The van der Waals surface area contributed by atoms with Crippen molar-refractivity contribution in [1.82, 2.24) is 5.32 Å². The number of nitrogens with one attached hydrogen (secondary N) is 1. The van der Waals surface area contributed by atoms with Gasteiger partial charge in [0, 0.05) is 18.5 Å². The smallest absolute Gasteiger partial charge is 0.227 e. The largest absolute Gasteiger partial charge is 0.396 e. The normalized spacial score (nSPS) is 15.4. The highest BCUT2D eigenvalue weighted by Gasteiger charge is 2.32. The predicted molar refractivity (Wildman–Crippen MR) is 70.6 cm³/mol. The number of carbonyl (C=O) groups is 1. The first-order valence-electron chi connectivity index (χ1n) is 6.52. The fraction of sp³-hybridized carbons (Fsp3) is 0.923. The van der Waals surface area contributed by atoms with Crippen molar-refractivity contribution in [3.05, 3.63) is 0 Å². The number of nitrogens with two attached hydrogens (primary N) is 1. The van der Waals surface area contributed by atoms with E-state index in [2.05, 4.69) is 5.32 Å². The molecule has 0 aromatic rings. The summed E-state index contributed by atoms with van der Waals surface area (Å²) in [5.74, 6) is -0.0118. The third-order valence-electron chi connectivity index (χ3n) is 4.24. The topological polar surface area (TPSA) is 75.3 Å². The molecule has 0 saturated carbocycles. The van der Waals surface area contributed by atoms with Crippen molar-refractivity contribution in [3.8, 4) is 0 Å². The van der Waals surface area contributed by atoms with E-state index in [-0.39, 0.29) is 17.9 Å². The zero-order chi connectivity index (χ0) is 13.5. The van der Waals surface area contributed by atoms with Gasteiger partial charge in [-0.2, -0.15) is 0 Å². The summed E-state index contributed by atoms with van der Waals surface area (Å²) in [7, 11) is 0. The van der Waals surface area contributed by atoms with Crippen molar-refractivity contribution >= 4 is 5.91 Å². The van der Waals surface area contributed by atoms with Gasteiger partial charge >= 0.3 is 0 Å². The molecule has 0 spiro atoms. The number of carbonyl (C=O) groups excluding carboxylic acids is 1. The van der Waals surface area contributed by atoms with Gasteiger partial charge in [0.25, 0.3) is 0 Å². The fourth-order valence-electron chi connectivity index (χ4n) is 1.66. The molecular formula is C13H28N2O2. The quantitative estimate of drug-likeness (QED) is 0.602. The van der Waals surface area contributed by atoms with Gasteiger partial charge in [0.15, 0.2) is 0 Å². The average Bonchev–Trinajstić information content (AvgIpc) is 2.39. The van der Waals surface area contributed by atoms with Crippen LogP contribution < -0.4 is 11.1 Å². The maximum atomic E-state index is 12.0. The lowest BCUT2D eigenvalue weighted by Crippen LogP contribution is -2.48. The van der Waals surface area contributed by atoms with E-state index in [1.54, 1.807) is 0 Å². The van der Waals surface area contributed by atoms with Crippen LogP contribution in [0, 0.1) is 10.8 Å². The molecule has 4 heteroatoms. The van der Waals surface area contributed by atoms with Gasteiger partial charge in [0.05, 0.1) is 12.0 Å². The number of aliphatic hydroxyl groups is 1. The number of aliphatic hydroxyl groups excluding tert-OH is 1. The number of rotatable bonds is 8. The van der Waals surface area contributed by atoms with Crippen LogP contribution >= 0.6 is 0 Å². The minimum absolute atomic E-state index is 0.0118. The van der Waals surface area contributed by atoms with Gasteiger partial charge in [-0.1, -0.05) is 20.8 Å². The first-order valence-corrected chi connectivity index (χ1v) is 6.52. The van der Waals surface area contributed by atoms with Gasteiger partial charge in [0.2, 0.25) is 5.91 Å². The van der Waals surface area contributed by atoms with Crippen molar-refractivity contribution in [2.45, 2.75) is 47.0 Å². The van der Waals surface area contributed by atoms with Crippen LogP contribution in [0.3, 0.4) is 0 Å². The van der Waals surface area contributed by atoms with E-state index >= 15 is 0 Å². The molecule has 0 aliphatic rings. The van der Waals surface area contributed by atoms with E-state index < -0.39 is 5.41 Å². The van der Waals surface area contributed by atoms with E-state index in [4.69, 9.17) is 5.73 Å². The van der Waals surface area contributed by atoms with Crippen LogP contribution in [0.15, 0.2) is 0 Å². The molecule has 17 heavy (non-hydrogen) atoms. The zero-order valence-electron chi connectivity index (χ0n) is 11.7. The summed E-state index contributed by atoms with van der Waals surface area (Å²) >= 11 is 0. The lowest BCUT2D eigenvalue weighted by molar-refractivity contribution is -0.130. The van der Waals surface area contributed by atoms with Crippen LogP contribution in [0.4, 0.5) is 0 Å². The molecule has 102 valence electrons. The number of hydrogen-bond acceptors (Lipinski definition) is 3. The molecule has 0 saturated heterocycles. The minimum Gasteiger partial charge on any atom is -0.396 e. The van der Waals surface area contributed by atoms with Gasteiger partial charge in [-0.3, -0.25) is 4.79 Å². The fourth-order valence-corrected chi connectivity index (χ4v) is 1.66. The molecule has 1 amide bonds. The van der Waals surface area contributed by atoms with Crippen LogP contribution in [0.5, 0.6) is 0 Å². The molecule has 0 fully saturated rings. The second-order valence-corrected chi connectivity index (χ2v) is 5.17. The molecule has 0 bridgehead atoms. The summed E-state index contributed by atoms with van der Waals surface area (Å²) in [6.07, 6.45) is 2.43. The van der Waals surface area contributed by atoms with Crippen LogP contribution in [-0.4, -0.2) is 30.7 Å². The van der Waals surface area contributed by atoms with Crippen LogP contribution in [0.1, 0.15) is 47.0 Å². The van der Waals surface area contributed by atoms with Crippen LogP contribution in [-0.2, 0) is 4.79 Å². The Kier molecular flexibility index (Phi) is 6.72. The first-order chi connectivity index (χ1) is 7.93. The van der Waals surface area contributed by atoms with Crippen molar-refractivity contribution in [1.29, 1.82) is 0 Å². The Morgan fingerprint density at radius 1 is 1.24 bits per heavy atom. The third-order valence-corrected chi connectivity index (χ3v) is 4.24. The van der Waals surface area contributed by atoms with E-state index in [0.717, 1.165) is 19.3 Å². The second-order valence-electron chi connectivity index (χ2n) is 5.17. The van der Waals surface area contributed by atoms with E-state index in [0.29, 0.717) is 13.1 Å². The molecule has 0 aliphatic heterocycles. The highest BCUT2D eigenvalue weighted by Crippen LogP contribution is 2.25. The number of amides is 1. The molecule has 0 heterocycles. The number of hydrogen-bond donors (Lipinski definition) is 3. The summed E-state index contributed by atoms with van der Waals surface area (Å²) in [4.78, 5) is 12.0. The molecule has 0 aromatic carbocycles. The summed E-state index contributed by atoms with van der Waals surface area (Å²) < 4.78 is 0. The van der Waals surface area contributed by atoms with Crippen LogP contribution in [0.25, 0.3) is 0 Å². The zero-order valence-corrected chi connectivity index (χ0v) is 11.7.